The summed E-state index contributed by atoms with van der Waals surface area (Å²) in [7, 11) is 6.73. The zero-order valence-corrected chi connectivity index (χ0v) is 73.4. The van der Waals surface area contributed by atoms with E-state index in [-0.39, 0.29) is 45.3 Å². The number of ether oxygens (including phenoxy) is 4. The molecule has 0 unspecified atom stereocenters. The predicted molar refractivity (Wildman–Crippen MR) is 497 cm³/mol. The molecule has 0 radical (unpaired) electrons. The summed E-state index contributed by atoms with van der Waals surface area (Å²) in [6.45, 7) is 26.6. The van der Waals surface area contributed by atoms with Gasteiger partial charge in [0.1, 0.15) is 6.54 Å². The molecule has 0 saturated carbocycles. The SMILES string of the molecule is COCCCNC(=O)CCCCCN1/C(=C/C=C/C=C/C=C/C2=[N+](CCCCCC(=O)NCCCOC)c3ccc4ccccc4c3C2(C)C)C(C)(C)c2c1ccc1ccccc21.COCCCNC(=O)CCN1/C(=C/C=C/C=C/C=C/C2=[N+](CCC(=O)NCCCOC)c3ccc4ccccc4c3C2(C)C)C(C)(C)c2c1ccc1ccccc21. The molecule has 0 fully saturated rings. The second-order valence-electron chi connectivity index (χ2n) is 33.9. The van der Waals surface area contributed by atoms with Crippen molar-refractivity contribution in [2.24, 2.45) is 0 Å². The van der Waals surface area contributed by atoms with Crippen molar-refractivity contribution in [2.45, 2.75) is 167 Å². The Kier molecular flexibility index (Phi) is 32.7. The lowest BCUT2D eigenvalue weighted by atomic mass is 9.79. The van der Waals surface area contributed by atoms with Crippen molar-refractivity contribution < 1.29 is 47.3 Å². The van der Waals surface area contributed by atoms with Crippen molar-refractivity contribution in [2.75, 3.05) is 117 Å². The average Bonchev–Trinajstić information content (AvgIpc) is 1.60. The largest absolute Gasteiger partial charge is 0.385 e. The van der Waals surface area contributed by atoms with Gasteiger partial charge in [-0.25, -0.2) is 0 Å². The van der Waals surface area contributed by atoms with Gasteiger partial charge in [0, 0.05) is 189 Å². The van der Waals surface area contributed by atoms with Crippen molar-refractivity contribution in [3.05, 3.63) is 264 Å². The molecule has 0 bridgehead atoms. The molecule has 16 heteroatoms. The number of hydrogen-bond donors (Lipinski definition) is 4. The van der Waals surface area contributed by atoms with Crippen LogP contribution in [0.1, 0.15) is 168 Å². The summed E-state index contributed by atoms with van der Waals surface area (Å²) in [5.74, 6) is 0.337. The molecule has 8 aromatic carbocycles. The van der Waals surface area contributed by atoms with Crippen LogP contribution in [0.15, 0.2) is 242 Å². The number of amides is 4. The van der Waals surface area contributed by atoms with E-state index in [9.17, 15) is 19.2 Å². The Morgan fingerprint density at radius 1 is 0.325 bits per heavy atom. The first-order valence-corrected chi connectivity index (χ1v) is 43.6. The number of rotatable bonds is 42. The van der Waals surface area contributed by atoms with Crippen LogP contribution in [0.4, 0.5) is 22.7 Å². The molecule has 4 heterocycles. The zero-order valence-electron chi connectivity index (χ0n) is 73.4. The first-order chi connectivity index (χ1) is 58.2. The van der Waals surface area contributed by atoms with Crippen LogP contribution >= 0.6 is 0 Å². The Bertz CT molecular complexity index is 5240. The van der Waals surface area contributed by atoms with Gasteiger partial charge >= 0.3 is 0 Å². The molecular weight excluding hydrogens is 1490 g/mol. The van der Waals surface area contributed by atoms with Crippen molar-refractivity contribution in [1.82, 2.24) is 21.3 Å². The normalized spacial score (nSPS) is 16.3. The molecule has 0 atom stereocenters. The number of allylic oxidation sites excluding steroid dienone is 16. The van der Waals surface area contributed by atoms with Gasteiger partial charge in [0.15, 0.2) is 18.0 Å². The molecule has 0 aliphatic carbocycles. The fourth-order valence-corrected chi connectivity index (χ4v) is 18.1. The minimum Gasteiger partial charge on any atom is -0.385 e. The highest BCUT2D eigenvalue weighted by atomic mass is 16.5. The fourth-order valence-electron chi connectivity index (χ4n) is 18.1. The molecule has 4 aliphatic heterocycles. The summed E-state index contributed by atoms with van der Waals surface area (Å²) in [4.78, 5) is 55.3. The first-order valence-electron chi connectivity index (χ1n) is 43.6. The zero-order chi connectivity index (χ0) is 85.1. The number of nitrogens with zero attached hydrogens (tertiary/aromatic N) is 4. The Balaban J connectivity index is 0.000000236. The van der Waals surface area contributed by atoms with E-state index in [0.29, 0.717) is 91.4 Å². The van der Waals surface area contributed by atoms with Crippen LogP contribution in [0.3, 0.4) is 0 Å². The van der Waals surface area contributed by atoms with Crippen LogP contribution in [0.5, 0.6) is 0 Å². The lowest BCUT2D eigenvalue weighted by molar-refractivity contribution is -0.438. The number of fused-ring (bicyclic) bond motifs is 12. The molecule has 8 aromatic rings. The molecule has 12 rings (SSSR count). The smallest absolute Gasteiger partial charge is 0.226 e. The van der Waals surface area contributed by atoms with Crippen molar-refractivity contribution in [1.29, 1.82) is 0 Å². The summed E-state index contributed by atoms with van der Waals surface area (Å²) in [6.07, 6.45) is 41.0. The molecule has 0 aromatic heterocycles. The number of anilines is 2. The van der Waals surface area contributed by atoms with Gasteiger partial charge in [0.05, 0.1) is 17.3 Å². The number of unbranched alkanes of at least 4 members (excludes halogenated alkanes) is 4. The van der Waals surface area contributed by atoms with Crippen LogP contribution in [0.2, 0.25) is 0 Å². The van der Waals surface area contributed by atoms with E-state index in [0.717, 1.165) is 100 Å². The van der Waals surface area contributed by atoms with Gasteiger partial charge in [-0.05, 0) is 170 Å². The summed E-state index contributed by atoms with van der Waals surface area (Å²) < 4.78 is 25.3. The fraction of sp³-hybridized carbons (Fsp3) is 0.404. The van der Waals surface area contributed by atoms with Gasteiger partial charge < -0.3 is 50.0 Å². The van der Waals surface area contributed by atoms with E-state index in [4.69, 9.17) is 18.9 Å². The summed E-state index contributed by atoms with van der Waals surface area (Å²) in [5.41, 5.74) is 14.2. The van der Waals surface area contributed by atoms with Crippen molar-refractivity contribution in [3.63, 3.8) is 0 Å². The van der Waals surface area contributed by atoms with Crippen LogP contribution < -0.4 is 31.1 Å². The highest BCUT2D eigenvalue weighted by Crippen LogP contribution is 2.53. The molecule has 120 heavy (non-hydrogen) atoms. The van der Waals surface area contributed by atoms with E-state index in [1.54, 1.807) is 28.4 Å². The van der Waals surface area contributed by atoms with Crippen LogP contribution in [0.25, 0.3) is 43.1 Å². The van der Waals surface area contributed by atoms with Crippen molar-refractivity contribution >= 4 is 101 Å². The predicted octanol–water partition coefficient (Wildman–Crippen LogP) is 20.0. The third-order valence-corrected chi connectivity index (χ3v) is 24.0. The first kappa shape index (κ1) is 90.2. The quantitative estimate of drug-likeness (QED) is 0.0164. The van der Waals surface area contributed by atoms with E-state index in [1.807, 2.05) is 0 Å². The Morgan fingerprint density at radius 3 is 1.07 bits per heavy atom. The molecule has 4 aliphatic rings. The Hall–Kier alpha value is -10.6. The molecule has 4 N–H and O–H groups in total. The maximum Gasteiger partial charge on any atom is 0.226 e. The second-order valence-corrected chi connectivity index (χ2v) is 33.9. The van der Waals surface area contributed by atoms with E-state index in [1.165, 1.54) is 88.1 Å². The highest BCUT2D eigenvalue weighted by molar-refractivity contribution is 6.09. The number of methoxy groups -OCH3 is 4. The summed E-state index contributed by atoms with van der Waals surface area (Å²) >= 11 is 0. The van der Waals surface area contributed by atoms with Gasteiger partial charge in [-0.1, -0.05) is 204 Å². The number of carbonyl (C=O) groups excluding carboxylic acids is 4. The molecule has 0 spiro atoms. The van der Waals surface area contributed by atoms with Gasteiger partial charge in [0.2, 0.25) is 35.0 Å². The van der Waals surface area contributed by atoms with Crippen LogP contribution in [0, 0.1) is 0 Å². The lowest BCUT2D eigenvalue weighted by Crippen LogP contribution is -2.32. The lowest BCUT2D eigenvalue weighted by Gasteiger charge is -2.27. The number of nitrogens with one attached hydrogen (secondary N) is 4. The second kappa shape index (κ2) is 43.6. The van der Waals surface area contributed by atoms with Crippen LogP contribution in [-0.2, 0) is 59.8 Å². The molecule has 4 amide bonds. The maximum absolute atomic E-state index is 12.9. The topological polar surface area (TPSA) is 166 Å². The van der Waals surface area contributed by atoms with E-state index >= 15 is 0 Å². The summed E-state index contributed by atoms with van der Waals surface area (Å²) in [6, 6.07) is 52.4. The third-order valence-electron chi connectivity index (χ3n) is 24.0. The standard InChI is InChI=1S/C55H70N4O4.C49H58N4O4/c1-54(2)48(58(38-20-10-14-30-50(60)56-36-22-40-62-5)46-34-32-42-24-16-18-26-44(42)52(46)54)28-12-8-7-9-13-29-49-55(3,4)53-45-27-19-17-25-43(45)33-35-47(53)59(49)39-21-11-15-31-51(61)57-37-23-41-63-6;1-48(2)42(52(32-28-44(54)50-30-16-34-56-5)40-26-24-36-18-12-14-20-38(36)46(40)48)22-10-8-7-9-11-23-43-49(3,4)47-39-21-15-13-19-37(39)25-27-41(47)53(43)33-29-45(55)51-31-17-35-57-6/h7-9,12-13,16-19,24-29,32-35H,10-11,14-15,20-23,30-31,36-41H2,1-6H3,(H-,56,57,60,61);7-15,18-27H,16-17,28-35H2,1-6H3,(H-,50,51,54,55)/p+2. The molecular formula is C104H130N8O8+2. The van der Waals surface area contributed by atoms with Gasteiger partial charge in [-0.15, -0.1) is 0 Å². The summed E-state index contributed by atoms with van der Waals surface area (Å²) in [5, 5.41) is 22.2. The number of benzene rings is 8. The minimum atomic E-state index is -0.271. The Morgan fingerprint density at radius 2 is 0.658 bits per heavy atom. The van der Waals surface area contributed by atoms with Crippen molar-refractivity contribution in [3.8, 4) is 0 Å². The highest BCUT2D eigenvalue weighted by Gasteiger charge is 2.48. The number of hydrogen-bond acceptors (Lipinski definition) is 10. The van der Waals surface area contributed by atoms with Gasteiger partial charge in [-0.2, -0.15) is 9.15 Å². The molecule has 0 saturated heterocycles. The van der Waals surface area contributed by atoms with E-state index in [2.05, 4.69) is 326 Å². The van der Waals surface area contributed by atoms with E-state index < -0.39 is 0 Å². The van der Waals surface area contributed by atoms with Crippen LogP contribution in [-0.4, -0.2) is 151 Å². The maximum atomic E-state index is 12.9. The van der Waals surface area contributed by atoms with Gasteiger partial charge in [-0.3, -0.25) is 19.2 Å². The monoisotopic (exact) mass is 1620 g/mol. The molecule has 16 nitrogen and oxygen atoms in total. The van der Waals surface area contributed by atoms with Gasteiger partial charge in [0.25, 0.3) is 0 Å². The average molecular weight is 1620 g/mol. The Labute approximate surface area is 713 Å². The molecule has 632 valence electrons. The third kappa shape index (κ3) is 21.9. The number of carbonyl (C=O) groups is 4. The minimum absolute atomic E-state index is 0.0436.